The predicted molar refractivity (Wildman–Crippen MR) is 115 cm³/mol. The lowest BCUT2D eigenvalue weighted by Crippen LogP contribution is -2.55. The number of carbonyl (C=O) groups is 2. The summed E-state index contributed by atoms with van der Waals surface area (Å²) in [6, 6.07) is 14.8. The van der Waals surface area contributed by atoms with Crippen molar-refractivity contribution in [1.82, 2.24) is 24.6 Å². The fourth-order valence-electron chi connectivity index (χ4n) is 3.77. The number of hydrogen-bond donors (Lipinski definition) is 0. The summed E-state index contributed by atoms with van der Waals surface area (Å²) in [5.41, 5.74) is 2.40. The molecule has 1 aliphatic rings. The molecular weight excluding hydrogens is 394 g/mol. The van der Waals surface area contributed by atoms with Crippen molar-refractivity contribution in [3.05, 3.63) is 71.8 Å². The Labute approximate surface area is 181 Å². The van der Waals surface area contributed by atoms with Crippen LogP contribution >= 0.6 is 0 Å². The van der Waals surface area contributed by atoms with E-state index in [1.54, 1.807) is 27.7 Å². The molecule has 1 aromatic heterocycles. The second-order valence-electron chi connectivity index (χ2n) is 7.63. The Hall–Kier alpha value is -3.68. The Morgan fingerprint density at radius 2 is 1.84 bits per heavy atom. The van der Waals surface area contributed by atoms with Gasteiger partial charge in [0.1, 0.15) is 12.1 Å². The molecule has 8 heteroatoms. The molecule has 2 aromatic carbocycles. The lowest BCUT2D eigenvalue weighted by Gasteiger charge is -2.39. The number of aromatic nitrogens is 3. The van der Waals surface area contributed by atoms with Crippen molar-refractivity contribution in [2.24, 2.45) is 0 Å². The molecule has 1 atom stereocenters. The monoisotopic (exact) mass is 419 g/mol. The minimum atomic E-state index is -0.230. The molecule has 0 bridgehead atoms. The largest absolute Gasteiger partial charge is 0.496 e. The fourth-order valence-corrected chi connectivity index (χ4v) is 3.77. The van der Waals surface area contributed by atoms with E-state index in [2.05, 4.69) is 10.1 Å². The molecule has 1 aliphatic heterocycles. The van der Waals surface area contributed by atoms with E-state index < -0.39 is 0 Å². The maximum Gasteiger partial charge on any atom is 0.293 e. The van der Waals surface area contributed by atoms with Crippen LogP contribution < -0.4 is 4.74 Å². The van der Waals surface area contributed by atoms with E-state index in [4.69, 9.17) is 4.74 Å². The van der Waals surface area contributed by atoms with Crippen molar-refractivity contribution >= 4 is 11.8 Å². The van der Waals surface area contributed by atoms with Gasteiger partial charge >= 0.3 is 0 Å². The number of amides is 2. The number of ether oxygens (including phenoxy) is 1. The van der Waals surface area contributed by atoms with E-state index in [9.17, 15) is 9.59 Å². The zero-order chi connectivity index (χ0) is 22.0. The normalized spacial score (nSPS) is 16.3. The minimum Gasteiger partial charge on any atom is -0.496 e. The number of aryl methyl sites for hydroxylation is 1. The highest BCUT2D eigenvalue weighted by molar-refractivity contribution is 5.95. The molecule has 3 aromatic rings. The molecule has 0 saturated carbocycles. The zero-order valence-corrected chi connectivity index (χ0v) is 17.9. The van der Waals surface area contributed by atoms with E-state index in [0.29, 0.717) is 30.9 Å². The van der Waals surface area contributed by atoms with Gasteiger partial charge in [0.2, 0.25) is 5.82 Å². The van der Waals surface area contributed by atoms with Crippen LogP contribution in [0.5, 0.6) is 5.75 Å². The van der Waals surface area contributed by atoms with Crippen LogP contribution in [0.3, 0.4) is 0 Å². The molecular formula is C23H25N5O3. The summed E-state index contributed by atoms with van der Waals surface area (Å²) < 4.78 is 6.92. The third-order valence-electron chi connectivity index (χ3n) is 5.53. The molecule has 8 nitrogen and oxygen atoms in total. The average Bonchev–Trinajstić information content (AvgIpc) is 3.29. The molecule has 0 spiro atoms. The van der Waals surface area contributed by atoms with Crippen LogP contribution in [0.1, 0.15) is 33.5 Å². The van der Waals surface area contributed by atoms with Crippen LogP contribution in [0.15, 0.2) is 54.9 Å². The first kappa shape index (κ1) is 20.6. The number of piperazine rings is 1. The fraction of sp³-hybridized carbons (Fsp3) is 0.304. The summed E-state index contributed by atoms with van der Waals surface area (Å²) in [4.78, 5) is 33.7. The number of benzene rings is 2. The molecule has 4 rings (SSSR count). The van der Waals surface area contributed by atoms with Crippen LogP contribution in [0.4, 0.5) is 0 Å². The van der Waals surface area contributed by atoms with Crippen LogP contribution in [-0.2, 0) is 0 Å². The highest BCUT2D eigenvalue weighted by Crippen LogP contribution is 2.21. The van der Waals surface area contributed by atoms with E-state index >= 15 is 0 Å². The van der Waals surface area contributed by atoms with E-state index in [0.717, 1.165) is 11.3 Å². The lowest BCUT2D eigenvalue weighted by molar-refractivity contribution is 0.0407. The topological polar surface area (TPSA) is 80.6 Å². The second kappa shape index (κ2) is 8.59. The summed E-state index contributed by atoms with van der Waals surface area (Å²) in [5.74, 6) is 0.543. The smallest absolute Gasteiger partial charge is 0.293 e. The van der Waals surface area contributed by atoms with Crippen LogP contribution in [0.2, 0.25) is 0 Å². The highest BCUT2D eigenvalue weighted by atomic mass is 16.5. The standard InChI is InChI=1S/C23H25N5O3/c1-16-9-10-18(13-20(16)31-3)22(29)26-11-12-27(17(2)14-26)23(30)21-24-15-28(25-21)19-7-5-4-6-8-19/h4-10,13,15,17H,11-12,14H2,1-3H3. The van der Waals surface area contributed by atoms with Gasteiger partial charge < -0.3 is 14.5 Å². The van der Waals surface area contributed by atoms with Gasteiger partial charge in [0.25, 0.3) is 11.8 Å². The van der Waals surface area contributed by atoms with E-state index in [-0.39, 0.29) is 23.7 Å². The lowest BCUT2D eigenvalue weighted by atomic mass is 10.1. The maximum absolute atomic E-state index is 13.0. The second-order valence-corrected chi connectivity index (χ2v) is 7.63. The number of para-hydroxylation sites is 1. The van der Waals surface area contributed by atoms with Gasteiger partial charge in [-0.1, -0.05) is 24.3 Å². The Morgan fingerprint density at radius 1 is 1.06 bits per heavy atom. The number of nitrogens with zero attached hydrogens (tertiary/aromatic N) is 5. The Kier molecular flexibility index (Phi) is 5.70. The molecule has 0 aliphatic carbocycles. The zero-order valence-electron chi connectivity index (χ0n) is 17.9. The first-order chi connectivity index (χ1) is 15.0. The molecule has 1 fully saturated rings. The number of methoxy groups -OCH3 is 1. The predicted octanol–water partition coefficient (Wildman–Crippen LogP) is 2.57. The van der Waals surface area contributed by atoms with Crippen molar-refractivity contribution in [2.45, 2.75) is 19.9 Å². The molecule has 1 saturated heterocycles. The minimum absolute atomic E-state index is 0.0660. The van der Waals surface area contributed by atoms with Gasteiger partial charge in [0.15, 0.2) is 0 Å². The molecule has 160 valence electrons. The van der Waals surface area contributed by atoms with Crippen molar-refractivity contribution in [3.8, 4) is 11.4 Å². The number of rotatable bonds is 4. The van der Waals surface area contributed by atoms with E-state index in [1.807, 2.05) is 56.3 Å². The van der Waals surface area contributed by atoms with Gasteiger partial charge in [-0.25, -0.2) is 9.67 Å². The summed E-state index contributed by atoms with van der Waals surface area (Å²) in [6.45, 7) is 5.19. The van der Waals surface area contributed by atoms with Crippen molar-refractivity contribution in [3.63, 3.8) is 0 Å². The van der Waals surface area contributed by atoms with Gasteiger partial charge in [0, 0.05) is 31.2 Å². The first-order valence-corrected chi connectivity index (χ1v) is 10.2. The Bertz CT molecular complexity index is 1100. The SMILES string of the molecule is COc1cc(C(=O)N2CCN(C(=O)c3ncn(-c4ccccc4)n3)C(C)C2)ccc1C. The third-order valence-corrected chi connectivity index (χ3v) is 5.53. The van der Waals surface area contributed by atoms with Crippen LogP contribution in [0.25, 0.3) is 5.69 Å². The molecule has 2 heterocycles. The van der Waals surface area contributed by atoms with E-state index in [1.165, 1.54) is 6.33 Å². The molecule has 31 heavy (non-hydrogen) atoms. The first-order valence-electron chi connectivity index (χ1n) is 10.2. The number of carbonyl (C=O) groups excluding carboxylic acids is 2. The molecule has 0 N–H and O–H groups in total. The van der Waals surface area contributed by atoms with Gasteiger partial charge in [-0.3, -0.25) is 9.59 Å². The van der Waals surface area contributed by atoms with Crippen LogP contribution in [0, 0.1) is 6.92 Å². The molecule has 1 unspecified atom stereocenters. The van der Waals surface area contributed by atoms with Gasteiger partial charge in [0.05, 0.1) is 12.8 Å². The maximum atomic E-state index is 13.0. The van der Waals surface area contributed by atoms with Crippen LogP contribution in [-0.4, -0.2) is 69.2 Å². The Balaban J connectivity index is 1.44. The average molecular weight is 419 g/mol. The quantitative estimate of drug-likeness (QED) is 0.649. The Morgan fingerprint density at radius 3 is 2.55 bits per heavy atom. The van der Waals surface area contributed by atoms with Crippen molar-refractivity contribution in [1.29, 1.82) is 0 Å². The van der Waals surface area contributed by atoms with Crippen molar-refractivity contribution < 1.29 is 14.3 Å². The summed E-state index contributed by atoms with van der Waals surface area (Å²) in [7, 11) is 1.59. The van der Waals surface area contributed by atoms with Gasteiger partial charge in [-0.2, -0.15) is 0 Å². The summed E-state index contributed by atoms with van der Waals surface area (Å²) >= 11 is 0. The van der Waals surface area contributed by atoms with Crippen molar-refractivity contribution in [2.75, 3.05) is 26.7 Å². The summed E-state index contributed by atoms with van der Waals surface area (Å²) in [6.07, 6.45) is 1.54. The van der Waals surface area contributed by atoms with Gasteiger partial charge in [-0.05, 0) is 43.7 Å². The third kappa shape index (κ3) is 4.14. The highest BCUT2D eigenvalue weighted by Gasteiger charge is 2.32. The number of hydrogen-bond acceptors (Lipinski definition) is 5. The van der Waals surface area contributed by atoms with Gasteiger partial charge in [-0.15, -0.1) is 5.10 Å². The summed E-state index contributed by atoms with van der Waals surface area (Å²) in [5, 5.41) is 4.34. The molecule has 0 radical (unpaired) electrons. The molecule has 2 amide bonds.